The molecule has 3 rings (SSSR count). The Labute approximate surface area is 253 Å². The second kappa shape index (κ2) is 22.2. The zero-order valence-electron chi connectivity index (χ0n) is 26.1. The van der Waals surface area contributed by atoms with Gasteiger partial charge in [0.05, 0.1) is 18.4 Å². The maximum atomic E-state index is 14.1. The van der Waals surface area contributed by atoms with E-state index in [2.05, 4.69) is 42.5 Å². The van der Waals surface area contributed by atoms with Crippen molar-refractivity contribution in [3.8, 4) is 11.8 Å². The zero-order valence-corrected chi connectivity index (χ0v) is 26.9. The number of hydrogen-bond donors (Lipinski definition) is 1. The molecule has 0 saturated carbocycles. The highest BCUT2D eigenvalue weighted by molar-refractivity contribution is 7.98. The van der Waals surface area contributed by atoms with Crippen molar-refractivity contribution < 1.29 is 8.78 Å². The van der Waals surface area contributed by atoms with E-state index in [9.17, 15) is 8.78 Å². The number of nitrogens with two attached hydrogens (primary N) is 1. The van der Waals surface area contributed by atoms with E-state index in [4.69, 9.17) is 5.73 Å². The molecular weight excluding hydrogens is 532 g/mol. The molecule has 0 unspecified atom stereocenters. The van der Waals surface area contributed by atoms with Crippen LogP contribution < -0.4 is 5.73 Å². The summed E-state index contributed by atoms with van der Waals surface area (Å²) in [4.78, 5) is 7.93. The predicted molar refractivity (Wildman–Crippen MR) is 176 cm³/mol. The standard InChI is InChI=1S/C19H19F2NS.C12H25N.C4H7N/c1-14(3-4-15-5-7-16(20)8-6-15)19(21)13-22-17-9-11-18(23-2)12-10-17;1-4-6-12(7-5-2)10-13-8-11(3)9-13;1-2-3-4-5/h5-13H,3-4H2,1-2H3;11-12H,4-10H2,1-3H3;4-5H2,1H3/b19-14-,22-13?;;. The van der Waals surface area contributed by atoms with E-state index >= 15 is 0 Å². The van der Waals surface area contributed by atoms with E-state index in [-0.39, 0.29) is 11.6 Å². The van der Waals surface area contributed by atoms with Crippen molar-refractivity contribution >= 4 is 23.7 Å². The summed E-state index contributed by atoms with van der Waals surface area (Å²) in [6.45, 7) is 15.0. The lowest BCUT2D eigenvalue weighted by Gasteiger charge is -2.39. The first-order valence-electron chi connectivity index (χ1n) is 14.9. The fourth-order valence-corrected chi connectivity index (χ4v) is 5.01. The lowest BCUT2D eigenvalue weighted by atomic mass is 9.94. The van der Waals surface area contributed by atoms with Crippen LogP contribution in [0.4, 0.5) is 14.5 Å². The molecule has 1 heterocycles. The van der Waals surface area contributed by atoms with Gasteiger partial charge in [0.1, 0.15) is 11.6 Å². The van der Waals surface area contributed by atoms with Gasteiger partial charge >= 0.3 is 0 Å². The quantitative estimate of drug-likeness (QED) is 0.154. The number of nitrogens with zero attached hydrogens (tertiary/aromatic N) is 2. The van der Waals surface area contributed by atoms with Gasteiger partial charge in [-0.15, -0.1) is 17.7 Å². The van der Waals surface area contributed by atoms with Crippen LogP contribution >= 0.6 is 11.8 Å². The number of benzene rings is 2. The minimum Gasteiger partial charge on any atom is -0.320 e. The maximum Gasteiger partial charge on any atom is 0.140 e. The minimum atomic E-state index is -0.318. The summed E-state index contributed by atoms with van der Waals surface area (Å²) >= 11 is 1.65. The molecule has 0 spiro atoms. The molecule has 1 fully saturated rings. The van der Waals surface area contributed by atoms with Crippen LogP contribution in [0.2, 0.25) is 0 Å². The average molecular weight is 584 g/mol. The molecule has 3 nitrogen and oxygen atoms in total. The number of halogens is 2. The highest BCUT2D eigenvalue weighted by Gasteiger charge is 2.24. The zero-order chi connectivity index (χ0) is 30.5. The Morgan fingerprint density at radius 1 is 1.10 bits per heavy atom. The van der Waals surface area contributed by atoms with Gasteiger partial charge < -0.3 is 10.6 Å². The highest BCUT2D eigenvalue weighted by atomic mass is 32.2. The van der Waals surface area contributed by atoms with Crippen molar-refractivity contribution in [2.45, 2.75) is 78.0 Å². The van der Waals surface area contributed by atoms with Crippen LogP contribution in [0.15, 0.2) is 69.8 Å². The van der Waals surface area contributed by atoms with Crippen molar-refractivity contribution in [1.29, 1.82) is 0 Å². The molecule has 6 heteroatoms. The lowest BCUT2D eigenvalue weighted by molar-refractivity contribution is 0.0879. The number of hydrogen-bond acceptors (Lipinski definition) is 4. The van der Waals surface area contributed by atoms with Gasteiger partial charge in [0, 0.05) is 24.5 Å². The summed E-state index contributed by atoms with van der Waals surface area (Å²) in [6.07, 6.45) is 10.1. The van der Waals surface area contributed by atoms with Gasteiger partial charge in [0.25, 0.3) is 0 Å². The number of rotatable bonds is 12. The molecule has 0 aliphatic carbocycles. The fourth-order valence-electron chi connectivity index (χ4n) is 4.60. The first-order valence-corrected chi connectivity index (χ1v) is 16.1. The normalized spacial score (nSPS) is 13.8. The first-order chi connectivity index (χ1) is 19.8. The molecule has 0 bridgehead atoms. The minimum absolute atomic E-state index is 0.258. The SMILES string of the molecule is CC#CCN.CCCC(CCC)CN1CC(C)C1.CSc1ccc(N=C/C(F)=C(\C)CCc2ccc(F)cc2)cc1. The first kappa shape index (κ1) is 36.6. The van der Waals surface area contributed by atoms with Gasteiger partial charge in [-0.3, -0.25) is 4.99 Å². The molecule has 0 amide bonds. The molecule has 1 saturated heterocycles. The molecule has 0 atom stereocenters. The summed E-state index contributed by atoms with van der Waals surface area (Å²) < 4.78 is 26.9. The Morgan fingerprint density at radius 3 is 2.17 bits per heavy atom. The molecule has 41 heavy (non-hydrogen) atoms. The van der Waals surface area contributed by atoms with Crippen molar-refractivity contribution in [2.75, 3.05) is 32.4 Å². The van der Waals surface area contributed by atoms with Gasteiger partial charge in [-0.25, -0.2) is 8.78 Å². The Morgan fingerprint density at radius 2 is 1.71 bits per heavy atom. The van der Waals surface area contributed by atoms with Gasteiger partial charge in [0.15, 0.2) is 0 Å². The third-order valence-electron chi connectivity index (χ3n) is 6.84. The van der Waals surface area contributed by atoms with Crippen LogP contribution in [-0.4, -0.2) is 43.5 Å². The monoisotopic (exact) mass is 583 g/mol. The topological polar surface area (TPSA) is 41.6 Å². The largest absolute Gasteiger partial charge is 0.320 e. The number of aliphatic imine (C=N–C) groups is 1. The van der Waals surface area contributed by atoms with E-state index in [1.54, 1.807) is 37.7 Å². The van der Waals surface area contributed by atoms with Crippen molar-refractivity contribution in [3.63, 3.8) is 0 Å². The van der Waals surface area contributed by atoms with Gasteiger partial charge in [-0.2, -0.15) is 0 Å². The van der Waals surface area contributed by atoms with Crippen LogP contribution in [0.1, 0.15) is 72.3 Å². The summed E-state index contributed by atoms with van der Waals surface area (Å²) in [5, 5.41) is 0. The van der Waals surface area contributed by atoms with Gasteiger partial charge in [-0.1, -0.05) is 51.7 Å². The van der Waals surface area contributed by atoms with Crippen LogP contribution in [0, 0.1) is 29.5 Å². The smallest absolute Gasteiger partial charge is 0.140 e. The summed E-state index contributed by atoms with van der Waals surface area (Å²) in [7, 11) is 0. The maximum absolute atomic E-state index is 14.1. The Kier molecular flexibility index (Phi) is 19.8. The van der Waals surface area contributed by atoms with E-state index < -0.39 is 0 Å². The van der Waals surface area contributed by atoms with Crippen LogP contribution in [-0.2, 0) is 6.42 Å². The second-order valence-electron chi connectivity index (χ2n) is 10.6. The van der Waals surface area contributed by atoms with Crippen molar-refractivity contribution in [1.82, 2.24) is 4.90 Å². The predicted octanol–water partition coefficient (Wildman–Crippen LogP) is 9.25. The molecule has 2 N–H and O–H groups in total. The van der Waals surface area contributed by atoms with E-state index in [0.717, 1.165) is 28.0 Å². The molecule has 0 aromatic heterocycles. The molecule has 2 aromatic rings. The molecule has 1 aliphatic rings. The molecule has 1 aliphatic heterocycles. The van der Waals surface area contributed by atoms with Crippen LogP contribution in [0.3, 0.4) is 0 Å². The fraction of sp³-hybridized carbons (Fsp3) is 0.514. The number of allylic oxidation sites excluding steroid dienone is 2. The molecule has 0 radical (unpaired) electrons. The number of thioether (sulfide) groups is 1. The Hall–Kier alpha value is -2.46. The van der Waals surface area contributed by atoms with E-state index in [1.165, 1.54) is 63.7 Å². The lowest BCUT2D eigenvalue weighted by Crippen LogP contribution is -2.47. The average Bonchev–Trinajstić information content (AvgIpc) is 2.96. The third kappa shape index (κ3) is 16.5. The summed E-state index contributed by atoms with van der Waals surface area (Å²) in [6, 6.07) is 13.9. The van der Waals surface area contributed by atoms with E-state index in [0.29, 0.717) is 25.0 Å². The van der Waals surface area contributed by atoms with Gasteiger partial charge in [-0.05, 0) is 105 Å². The summed E-state index contributed by atoms with van der Waals surface area (Å²) in [5.74, 6) is 6.64. The Bertz CT molecular complexity index is 1070. The van der Waals surface area contributed by atoms with E-state index in [1.807, 2.05) is 30.5 Å². The van der Waals surface area contributed by atoms with Crippen LogP contribution in [0.5, 0.6) is 0 Å². The van der Waals surface area contributed by atoms with Crippen molar-refractivity contribution in [2.24, 2.45) is 22.6 Å². The van der Waals surface area contributed by atoms with Gasteiger partial charge in [0.2, 0.25) is 0 Å². The molecule has 226 valence electrons. The Balaban J connectivity index is 0.000000391. The van der Waals surface area contributed by atoms with Crippen molar-refractivity contribution in [3.05, 3.63) is 71.3 Å². The molecule has 2 aromatic carbocycles. The molecular formula is C35H51F2N3S. The number of aryl methyl sites for hydroxylation is 1. The third-order valence-corrected chi connectivity index (χ3v) is 7.58. The summed E-state index contributed by atoms with van der Waals surface area (Å²) in [5.41, 5.74) is 7.32. The second-order valence-corrected chi connectivity index (χ2v) is 11.5. The number of likely N-dealkylation sites (tertiary alicyclic amines) is 1. The van der Waals surface area contributed by atoms with Crippen LogP contribution in [0.25, 0.3) is 0 Å². The highest BCUT2D eigenvalue weighted by Crippen LogP contribution is 2.22.